The van der Waals surface area contributed by atoms with E-state index in [1.807, 2.05) is 21.1 Å². The first-order valence-electron chi connectivity index (χ1n) is 6.74. The van der Waals surface area contributed by atoms with E-state index in [0.29, 0.717) is 6.54 Å². The Bertz CT molecular complexity index is 579. The number of hydrogen-bond acceptors (Lipinski definition) is 6. The van der Waals surface area contributed by atoms with E-state index in [1.54, 1.807) is 17.8 Å². The lowest BCUT2D eigenvalue weighted by molar-refractivity contribution is 0.162. The highest BCUT2D eigenvalue weighted by atomic mass is 16.3. The van der Waals surface area contributed by atoms with E-state index in [1.165, 1.54) is 0 Å². The van der Waals surface area contributed by atoms with Crippen LogP contribution in [-0.2, 0) is 13.6 Å². The summed E-state index contributed by atoms with van der Waals surface area (Å²) in [5.74, 6) is 1.54. The number of aromatic nitrogens is 4. The van der Waals surface area contributed by atoms with Gasteiger partial charge in [0.25, 0.3) is 0 Å². The summed E-state index contributed by atoms with van der Waals surface area (Å²) in [7, 11) is 5.71. The maximum Gasteiger partial charge on any atom is 0.163 e. The van der Waals surface area contributed by atoms with Crippen molar-refractivity contribution in [1.29, 1.82) is 0 Å². The number of hydrogen-bond donors (Lipinski definition) is 2. The number of aliphatic hydroxyl groups excluding tert-OH is 1. The van der Waals surface area contributed by atoms with Crippen molar-refractivity contribution < 1.29 is 5.11 Å². The largest absolute Gasteiger partial charge is 0.393 e. The molecule has 0 radical (unpaired) electrons. The molecule has 0 amide bonds. The standard InChI is InChI=1S/C13H22N6O/c1-9(20)5-6-18(3)8-11-16-12(14-2)10-7-15-19(4)13(10)17-11/h7,9,20H,5-6,8H2,1-4H3,(H,14,16,17). The third kappa shape index (κ3) is 3.23. The van der Waals surface area contributed by atoms with Crippen LogP contribution < -0.4 is 5.32 Å². The monoisotopic (exact) mass is 278 g/mol. The van der Waals surface area contributed by atoms with Crippen LogP contribution in [0.25, 0.3) is 11.0 Å². The van der Waals surface area contributed by atoms with Crippen molar-refractivity contribution in [2.75, 3.05) is 26.0 Å². The fourth-order valence-electron chi connectivity index (χ4n) is 2.06. The molecule has 1 atom stereocenters. The van der Waals surface area contributed by atoms with Gasteiger partial charge in [-0.25, -0.2) is 9.97 Å². The third-order valence-electron chi connectivity index (χ3n) is 3.22. The SMILES string of the molecule is CNc1nc(CN(C)CCC(C)O)nc2c1cnn2C. The average Bonchev–Trinajstić information content (AvgIpc) is 2.77. The maximum absolute atomic E-state index is 9.32. The van der Waals surface area contributed by atoms with Gasteiger partial charge in [-0.2, -0.15) is 5.10 Å². The molecule has 7 heteroatoms. The highest BCUT2D eigenvalue weighted by Gasteiger charge is 2.12. The molecule has 110 valence electrons. The summed E-state index contributed by atoms with van der Waals surface area (Å²) in [5, 5.41) is 17.5. The zero-order valence-electron chi connectivity index (χ0n) is 12.5. The molecule has 0 aliphatic rings. The lowest BCUT2D eigenvalue weighted by atomic mass is 10.3. The van der Waals surface area contributed by atoms with Gasteiger partial charge in [-0.05, 0) is 20.4 Å². The van der Waals surface area contributed by atoms with Crippen LogP contribution in [0.2, 0.25) is 0 Å². The van der Waals surface area contributed by atoms with Crippen LogP contribution >= 0.6 is 0 Å². The topological polar surface area (TPSA) is 79.1 Å². The molecule has 1 unspecified atom stereocenters. The molecule has 2 rings (SSSR count). The van der Waals surface area contributed by atoms with Gasteiger partial charge in [0.2, 0.25) is 0 Å². The predicted octanol–water partition coefficient (Wildman–Crippen LogP) is 0.608. The number of rotatable bonds is 6. The van der Waals surface area contributed by atoms with Gasteiger partial charge in [0.1, 0.15) is 11.6 Å². The summed E-state index contributed by atoms with van der Waals surface area (Å²) >= 11 is 0. The lowest BCUT2D eigenvalue weighted by Gasteiger charge is -2.17. The molecule has 2 aromatic rings. The number of nitrogens with one attached hydrogen (secondary N) is 1. The number of anilines is 1. The summed E-state index contributed by atoms with van der Waals surface area (Å²) in [6.07, 6.45) is 2.22. The van der Waals surface area contributed by atoms with Crippen LogP contribution in [-0.4, -0.2) is 56.5 Å². The Labute approximate surface area is 118 Å². The zero-order chi connectivity index (χ0) is 14.7. The summed E-state index contributed by atoms with van der Waals surface area (Å²) in [5.41, 5.74) is 0.822. The summed E-state index contributed by atoms with van der Waals surface area (Å²) < 4.78 is 1.75. The Morgan fingerprint density at radius 2 is 2.20 bits per heavy atom. The number of aliphatic hydroxyl groups is 1. The first-order chi connectivity index (χ1) is 9.51. The van der Waals surface area contributed by atoms with E-state index >= 15 is 0 Å². The van der Waals surface area contributed by atoms with E-state index in [4.69, 9.17) is 0 Å². The number of fused-ring (bicyclic) bond motifs is 1. The van der Waals surface area contributed by atoms with Crippen LogP contribution in [0.1, 0.15) is 19.2 Å². The molecule has 0 aliphatic carbocycles. The van der Waals surface area contributed by atoms with Crippen molar-refractivity contribution in [2.24, 2.45) is 7.05 Å². The van der Waals surface area contributed by atoms with Gasteiger partial charge in [0.15, 0.2) is 5.65 Å². The second-order valence-electron chi connectivity index (χ2n) is 5.12. The molecule has 0 bridgehead atoms. The first kappa shape index (κ1) is 14.7. The second kappa shape index (κ2) is 6.15. The van der Waals surface area contributed by atoms with Crippen molar-refractivity contribution in [1.82, 2.24) is 24.6 Å². The first-order valence-corrected chi connectivity index (χ1v) is 6.74. The Morgan fingerprint density at radius 3 is 2.85 bits per heavy atom. The molecular formula is C13H22N6O. The Kier molecular flexibility index (Phi) is 4.51. The summed E-state index contributed by atoms with van der Waals surface area (Å²) in [6.45, 7) is 3.24. The minimum absolute atomic E-state index is 0.286. The molecular weight excluding hydrogens is 256 g/mol. The van der Waals surface area contributed by atoms with Gasteiger partial charge >= 0.3 is 0 Å². The van der Waals surface area contributed by atoms with E-state index in [2.05, 4.69) is 25.3 Å². The Morgan fingerprint density at radius 1 is 1.45 bits per heavy atom. The smallest absolute Gasteiger partial charge is 0.163 e. The molecule has 0 aromatic carbocycles. The second-order valence-corrected chi connectivity index (χ2v) is 5.12. The maximum atomic E-state index is 9.32. The van der Waals surface area contributed by atoms with Crippen molar-refractivity contribution >= 4 is 16.9 Å². The zero-order valence-corrected chi connectivity index (χ0v) is 12.5. The molecule has 2 N–H and O–H groups in total. The highest BCUT2D eigenvalue weighted by molar-refractivity contribution is 5.86. The summed E-state index contributed by atoms with van der Waals surface area (Å²) in [6, 6.07) is 0. The normalized spacial score (nSPS) is 13.1. The van der Waals surface area contributed by atoms with Crippen molar-refractivity contribution in [3.05, 3.63) is 12.0 Å². The molecule has 0 spiro atoms. The molecule has 0 saturated carbocycles. The molecule has 0 aliphatic heterocycles. The predicted molar refractivity (Wildman–Crippen MR) is 78.5 cm³/mol. The van der Waals surface area contributed by atoms with E-state index in [0.717, 1.165) is 35.6 Å². The fourth-order valence-corrected chi connectivity index (χ4v) is 2.06. The molecule has 20 heavy (non-hydrogen) atoms. The minimum Gasteiger partial charge on any atom is -0.393 e. The molecule has 0 saturated heterocycles. The fraction of sp³-hybridized carbons (Fsp3) is 0.615. The molecule has 2 heterocycles. The third-order valence-corrected chi connectivity index (χ3v) is 3.22. The number of aryl methyl sites for hydroxylation is 1. The molecule has 7 nitrogen and oxygen atoms in total. The van der Waals surface area contributed by atoms with Crippen molar-refractivity contribution in [2.45, 2.75) is 26.0 Å². The van der Waals surface area contributed by atoms with Gasteiger partial charge in [0.05, 0.1) is 24.2 Å². The van der Waals surface area contributed by atoms with Gasteiger partial charge < -0.3 is 10.4 Å². The highest BCUT2D eigenvalue weighted by Crippen LogP contribution is 2.19. The van der Waals surface area contributed by atoms with E-state index in [-0.39, 0.29) is 6.10 Å². The van der Waals surface area contributed by atoms with Crippen LogP contribution in [0.15, 0.2) is 6.20 Å². The quantitative estimate of drug-likeness (QED) is 0.806. The van der Waals surface area contributed by atoms with Crippen LogP contribution in [0, 0.1) is 0 Å². The van der Waals surface area contributed by atoms with Crippen LogP contribution in [0.5, 0.6) is 0 Å². The minimum atomic E-state index is -0.286. The van der Waals surface area contributed by atoms with E-state index in [9.17, 15) is 5.11 Å². The van der Waals surface area contributed by atoms with Gasteiger partial charge in [-0.3, -0.25) is 9.58 Å². The summed E-state index contributed by atoms with van der Waals surface area (Å²) in [4.78, 5) is 11.2. The lowest BCUT2D eigenvalue weighted by Crippen LogP contribution is -2.23. The Hall–Kier alpha value is -1.73. The average molecular weight is 278 g/mol. The van der Waals surface area contributed by atoms with Crippen molar-refractivity contribution in [3.8, 4) is 0 Å². The molecule has 0 fully saturated rings. The van der Waals surface area contributed by atoms with Gasteiger partial charge in [0, 0.05) is 20.6 Å². The van der Waals surface area contributed by atoms with E-state index < -0.39 is 0 Å². The van der Waals surface area contributed by atoms with Crippen LogP contribution in [0.4, 0.5) is 5.82 Å². The van der Waals surface area contributed by atoms with Crippen LogP contribution in [0.3, 0.4) is 0 Å². The van der Waals surface area contributed by atoms with Gasteiger partial charge in [-0.15, -0.1) is 0 Å². The van der Waals surface area contributed by atoms with Crippen molar-refractivity contribution in [3.63, 3.8) is 0 Å². The molecule has 2 aromatic heterocycles. The van der Waals surface area contributed by atoms with Gasteiger partial charge in [-0.1, -0.05) is 0 Å². The Balaban J connectivity index is 2.19. The number of nitrogens with zero attached hydrogens (tertiary/aromatic N) is 5.